The normalized spacial score (nSPS) is 24.0. The van der Waals surface area contributed by atoms with Gasteiger partial charge in [-0.15, -0.1) is 0 Å². The highest BCUT2D eigenvalue weighted by molar-refractivity contribution is 4.84. The van der Waals surface area contributed by atoms with Gasteiger partial charge in [-0.1, -0.05) is 20.3 Å². The molecular formula is C12H23F2N. The van der Waals surface area contributed by atoms with E-state index < -0.39 is 5.92 Å². The molecule has 1 aliphatic carbocycles. The molecule has 0 aliphatic heterocycles. The van der Waals surface area contributed by atoms with E-state index in [1.807, 2.05) is 0 Å². The van der Waals surface area contributed by atoms with E-state index >= 15 is 0 Å². The lowest BCUT2D eigenvalue weighted by Crippen LogP contribution is -2.39. The first-order valence-corrected chi connectivity index (χ1v) is 6.20. The maximum absolute atomic E-state index is 13.0. The number of nitrogens with one attached hydrogen (secondary N) is 1. The lowest BCUT2D eigenvalue weighted by atomic mass is 9.80. The van der Waals surface area contributed by atoms with Crippen LogP contribution >= 0.6 is 0 Å². The van der Waals surface area contributed by atoms with Gasteiger partial charge >= 0.3 is 0 Å². The van der Waals surface area contributed by atoms with Gasteiger partial charge in [0.2, 0.25) is 5.92 Å². The Hall–Kier alpha value is -0.180. The van der Waals surface area contributed by atoms with E-state index in [9.17, 15) is 8.78 Å². The lowest BCUT2D eigenvalue weighted by Gasteiger charge is -2.34. The van der Waals surface area contributed by atoms with Crippen LogP contribution in [0.25, 0.3) is 0 Å². The molecule has 0 spiro atoms. The van der Waals surface area contributed by atoms with Crippen LogP contribution in [-0.4, -0.2) is 18.5 Å². The van der Waals surface area contributed by atoms with E-state index in [4.69, 9.17) is 0 Å². The third kappa shape index (κ3) is 4.06. The van der Waals surface area contributed by atoms with Gasteiger partial charge in [0.1, 0.15) is 0 Å². The quantitative estimate of drug-likeness (QED) is 0.745. The molecule has 1 fully saturated rings. The van der Waals surface area contributed by atoms with Crippen LogP contribution in [-0.2, 0) is 0 Å². The summed E-state index contributed by atoms with van der Waals surface area (Å²) < 4.78 is 26.0. The van der Waals surface area contributed by atoms with Crippen molar-refractivity contribution in [3.8, 4) is 0 Å². The molecule has 0 aromatic carbocycles. The third-order valence-corrected chi connectivity index (χ3v) is 3.40. The largest absolute Gasteiger partial charge is 0.314 e. The van der Waals surface area contributed by atoms with E-state index in [-0.39, 0.29) is 12.8 Å². The highest BCUT2D eigenvalue weighted by Gasteiger charge is 2.37. The molecule has 0 saturated heterocycles. The van der Waals surface area contributed by atoms with Crippen molar-refractivity contribution in [1.29, 1.82) is 0 Å². The summed E-state index contributed by atoms with van der Waals surface area (Å²) in [5, 5.41) is 3.44. The molecule has 1 rings (SSSR count). The summed E-state index contributed by atoms with van der Waals surface area (Å²) in [5.74, 6) is -1.93. The first-order valence-electron chi connectivity index (χ1n) is 6.20. The number of alkyl halides is 2. The Bertz CT molecular complexity index is 166. The maximum Gasteiger partial charge on any atom is 0.248 e. The Kier molecular flexibility index (Phi) is 4.97. The summed E-state index contributed by atoms with van der Waals surface area (Å²) >= 11 is 0. The van der Waals surface area contributed by atoms with Crippen molar-refractivity contribution in [1.82, 2.24) is 5.32 Å². The molecule has 0 aromatic heterocycles. The van der Waals surface area contributed by atoms with Crippen molar-refractivity contribution in [2.24, 2.45) is 5.92 Å². The maximum atomic E-state index is 13.0. The number of hydrogen-bond acceptors (Lipinski definition) is 1. The highest BCUT2D eigenvalue weighted by Crippen LogP contribution is 2.38. The van der Waals surface area contributed by atoms with Gasteiger partial charge < -0.3 is 5.32 Å². The molecule has 3 heteroatoms. The van der Waals surface area contributed by atoms with Gasteiger partial charge in [-0.25, -0.2) is 8.78 Å². The minimum atomic E-state index is -2.39. The Morgan fingerprint density at radius 2 is 1.87 bits per heavy atom. The van der Waals surface area contributed by atoms with Crippen molar-refractivity contribution in [3.63, 3.8) is 0 Å². The summed E-state index contributed by atoms with van der Waals surface area (Å²) in [5.41, 5.74) is 0. The minimum absolute atomic E-state index is 0.0866. The van der Waals surface area contributed by atoms with Crippen LogP contribution in [0.4, 0.5) is 8.78 Å². The molecule has 0 radical (unpaired) electrons. The summed E-state index contributed by atoms with van der Waals surface area (Å²) in [6.45, 7) is 5.18. The van der Waals surface area contributed by atoms with Crippen molar-refractivity contribution in [3.05, 3.63) is 0 Å². The van der Waals surface area contributed by atoms with Gasteiger partial charge in [-0.05, 0) is 31.7 Å². The number of hydrogen-bond donors (Lipinski definition) is 1. The van der Waals surface area contributed by atoms with Crippen LogP contribution in [0.3, 0.4) is 0 Å². The molecule has 0 amide bonds. The number of rotatable bonds is 5. The van der Waals surface area contributed by atoms with E-state index in [0.29, 0.717) is 24.8 Å². The Morgan fingerprint density at radius 1 is 1.27 bits per heavy atom. The summed E-state index contributed by atoms with van der Waals surface area (Å²) in [4.78, 5) is 0. The summed E-state index contributed by atoms with van der Waals surface area (Å²) in [6, 6.07) is 0.455. The molecule has 0 aromatic rings. The first-order chi connectivity index (χ1) is 7.09. The Labute approximate surface area is 91.6 Å². The molecule has 1 N–H and O–H groups in total. The topological polar surface area (TPSA) is 12.0 Å². The van der Waals surface area contributed by atoms with E-state index in [2.05, 4.69) is 19.2 Å². The lowest BCUT2D eigenvalue weighted by molar-refractivity contribution is -0.0498. The summed E-state index contributed by atoms with van der Waals surface area (Å²) in [7, 11) is 0. The predicted molar refractivity (Wildman–Crippen MR) is 59.3 cm³/mol. The van der Waals surface area contributed by atoms with Gasteiger partial charge in [-0.3, -0.25) is 0 Å². The SMILES string of the molecule is CCCC(NCC)C1CCC(F)(F)CC1. The van der Waals surface area contributed by atoms with Crippen molar-refractivity contribution in [2.75, 3.05) is 6.54 Å². The van der Waals surface area contributed by atoms with Gasteiger partial charge in [0, 0.05) is 18.9 Å². The monoisotopic (exact) mass is 219 g/mol. The zero-order valence-electron chi connectivity index (χ0n) is 9.86. The second kappa shape index (κ2) is 5.78. The number of halogens is 2. The molecule has 1 atom stereocenters. The Morgan fingerprint density at radius 3 is 2.33 bits per heavy atom. The molecule has 1 saturated carbocycles. The van der Waals surface area contributed by atoms with Crippen LogP contribution in [0, 0.1) is 5.92 Å². The average molecular weight is 219 g/mol. The van der Waals surface area contributed by atoms with E-state index in [0.717, 1.165) is 19.4 Å². The third-order valence-electron chi connectivity index (χ3n) is 3.40. The van der Waals surface area contributed by atoms with Gasteiger partial charge in [-0.2, -0.15) is 0 Å². The summed E-state index contributed by atoms with van der Waals surface area (Å²) in [6.07, 6.45) is 3.79. The van der Waals surface area contributed by atoms with Crippen LogP contribution in [0.15, 0.2) is 0 Å². The van der Waals surface area contributed by atoms with Crippen LogP contribution < -0.4 is 5.32 Å². The zero-order chi connectivity index (χ0) is 11.3. The molecule has 1 unspecified atom stereocenters. The molecule has 15 heavy (non-hydrogen) atoms. The van der Waals surface area contributed by atoms with Gasteiger partial charge in [0.25, 0.3) is 0 Å². The fourth-order valence-electron chi connectivity index (χ4n) is 2.54. The van der Waals surface area contributed by atoms with Crippen molar-refractivity contribution in [2.45, 2.75) is 64.3 Å². The van der Waals surface area contributed by atoms with Gasteiger partial charge in [0.05, 0.1) is 0 Å². The predicted octanol–water partition coefficient (Wildman–Crippen LogP) is 3.59. The molecule has 90 valence electrons. The van der Waals surface area contributed by atoms with Gasteiger partial charge in [0.15, 0.2) is 0 Å². The molecule has 0 heterocycles. The first kappa shape index (κ1) is 12.9. The van der Waals surface area contributed by atoms with Crippen molar-refractivity contribution >= 4 is 0 Å². The highest BCUT2D eigenvalue weighted by atomic mass is 19.3. The second-order valence-corrected chi connectivity index (χ2v) is 4.65. The van der Waals surface area contributed by atoms with Crippen LogP contribution in [0.2, 0.25) is 0 Å². The fourth-order valence-corrected chi connectivity index (χ4v) is 2.54. The smallest absolute Gasteiger partial charge is 0.248 e. The minimum Gasteiger partial charge on any atom is -0.314 e. The van der Waals surface area contributed by atoms with Crippen LogP contribution in [0.5, 0.6) is 0 Å². The van der Waals surface area contributed by atoms with E-state index in [1.54, 1.807) is 0 Å². The molecule has 1 nitrogen and oxygen atoms in total. The second-order valence-electron chi connectivity index (χ2n) is 4.65. The van der Waals surface area contributed by atoms with Crippen molar-refractivity contribution < 1.29 is 8.78 Å². The zero-order valence-corrected chi connectivity index (χ0v) is 9.86. The molecule has 1 aliphatic rings. The molecular weight excluding hydrogens is 196 g/mol. The standard InChI is InChI=1S/C12H23F2N/c1-3-5-11(15-4-2)10-6-8-12(13,14)9-7-10/h10-11,15H,3-9H2,1-2H3. The fraction of sp³-hybridized carbons (Fsp3) is 1.00. The Balaban J connectivity index is 2.41. The molecule has 0 bridgehead atoms. The van der Waals surface area contributed by atoms with E-state index in [1.165, 1.54) is 0 Å². The van der Waals surface area contributed by atoms with Crippen LogP contribution in [0.1, 0.15) is 52.4 Å². The average Bonchev–Trinajstić information content (AvgIpc) is 2.18.